The minimum absolute atomic E-state index is 0.109. The third kappa shape index (κ3) is 7.17. The Morgan fingerprint density at radius 2 is 1.79 bits per heavy atom. The van der Waals surface area contributed by atoms with Crippen LogP contribution in [0.2, 0.25) is 0 Å². The predicted octanol–water partition coefficient (Wildman–Crippen LogP) is 3.59. The number of amides is 1. The highest BCUT2D eigenvalue weighted by atomic mass is 32.1. The quantitative estimate of drug-likeness (QED) is 0.285. The third-order valence-electron chi connectivity index (χ3n) is 11.8. The maximum absolute atomic E-state index is 14.0. The number of thiocarbonyl (C=S) groups is 1. The van der Waals surface area contributed by atoms with Crippen molar-refractivity contribution < 1.29 is 19.8 Å². The Balaban J connectivity index is 1.07. The first kappa shape index (κ1) is 34.1. The Morgan fingerprint density at radius 3 is 2.45 bits per heavy atom. The molecular formula is C37H53N5O4S. The zero-order valence-corrected chi connectivity index (χ0v) is 29.2. The van der Waals surface area contributed by atoms with E-state index in [4.69, 9.17) is 17.1 Å². The van der Waals surface area contributed by atoms with Gasteiger partial charge in [-0.2, -0.15) is 5.06 Å². The van der Waals surface area contributed by atoms with Crippen LogP contribution in [0.1, 0.15) is 51.7 Å². The number of anilines is 1. The first-order valence-corrected chi connectivity index (χ1v) is 17.9. The number of aliphatic hydroxyl groups is 2. The largest absolute Gasteiger partial charge is 0.394 e. The summed E-state index contributed by atoms with van der Waals surface area (Å²) in [5, 5.41) is 30.3. The van der Waals surface area contributed by atoms with Crippen LogP contribution in [0.4, 0.5) is 5.69 Å². The van der Waals surface area contributed by atoms with Crippen molar-refractivity contribution >= 4 is 28.9 Å². The van der Waals surface area contributed by atoms with E-state index in [0.29, 0.717) is 29.7 Å². The van der Waals surface area contributed by atoms with Crippen molar-refractivity contribution in [3.8, 4) is 0 Å². The summed E-state index contributed by atoms with van der Waals surface area (Å²) in [6.45, 7) is 13.0. The monoisotopic (exact) mass is 663 g/mol. The molecule has 10 heteroatoms. The fraction of sp³-hybridized carbons (Fsp3) is 0.622. The van der Waals surface area contributed by atoms with E-state index < -0.39 is 24.2 Å². The lowest BCUT2D eigenvalue weighted by molar-refractivity contribution is -0.183. The van der Waals surface area contributed by atoms with Crippen LogP contribution in [0.15, 0.2) is 54.6 Å². The lowest BCUT2D eigenvalue weighted by Crippen LogP contribution is -2.62. The van der Waals surface area contributed by atoms with Gasteiger partial charge >= 0.3 is 0 Å². The van der Waals surface area contributed by atoms with Gasteiger partial charge in [-0.05, 0) is 84.8 Å². The highest BCUT2D eigenvalue weighted by Crippen LogP contribution is 2.61. The molecule has 256 valence electrons. The average molecular weight is 664 g/mol. The van der Waals surface area contributed by atoms with Crippen LogP contribution in [-0.2, 0) is 22.6 Å². The van der Waals surface area contributed by atoms with E-state index in [1.165, 1.54) is 12.0 Å². The fourth-order valence-electron chi connectivity index (χ4n) is 8.75. The highest BCUT2D eigenvalue weighted by molar-refractivity contribution is 7.80. The van der Waals surface area contributed by atoms with Crippen LogP contribution in [-0.4, -0.2) is 94.8 Å². The number of nitrogens with zero attached hydrogens (tertiary/aromatic N) is 3. The van der Waals surface area contributed by atoms with Gasteiger partial charge in [-0.1, -0.05) is 63.2 Å². The molecule has 2 heterocycles. The normalized spacial score (nSPS) is 30.8. The molecule has 8 atom stereocenters. The second-order valence-corrected chi connectivity index (χ2v) is 15.2. The van der Waals surface area contributed by atoms with Crippen LogP contribution >= 0.6 is 12.2 Å². The van der Waals surface area contributed by atoms with Crippen LogP contribution < -0.4 is 15.5 Å². The number of hydroxylamine groups is 2. The van der Waals surface area contributed by atoms with Gasteiger partial charge in [-0.25, -0.2) is 0 Å². The lowest BCUT2D eigenvalue weighted by Gasteiger charge is -2.62. The van der Waals surface area contributed by atoms with E-state index >= 15 is 0 Å². The minimum atomic E-state index is -0.814. The number of carbonyl (C=O) groups is 1. The summed E-state index contributed by atoms with van der Waals surface area (Å²) in [5.41, 5.74) is 3.76. The molecule has 5 aliphatic rings. The SMILES string of the molecule is C[C@H](O)[C@@H]1[C@H](CO)ON(Cc2cccc(N3CCN(C(=S)NCCc4ccccc4)CC3)c2)[C@@H]1C(=O)N[C@H]1CC2CC([C@H]1C)C2(C)C. The van der Waals surface area contributed by atoms with Crippen molar-refractivity contribution in [3.05, 3.63) is 65.7 Å². The van der Waals surface area contributed by atoms with Gasteiger partial charge in [-0.15, -0.1) is 0 Å². The summed E-state index contributed by atoms with van der Waals surface area (Å²) < 4.78 is 0. The summed E-state index contributed by atoms with van der Waals surface area (Å²) in [4.78, 5) is 24.8. The molecule has 2 aromatic rings. The Kier molecular flexibility index (Phi) is 10.4. The molecule has 2 aliphatic heterocycles. The standard InChI is InChI=1S/C37H53N5O4S/c1-24-30-20-28(37(30,3)4)21-31(24)39-35(45)34-33(25(2)44)32(23-43)46-42(34)22-27-11-8-12-29(19-27)40-15-17-41(18-16-40)36(47)38-14-13-26-9-6-5-7-10-26/h5-12,19,24-25,28,30-34,43-44H,13-18,20-23H2,1-4H3,(H,38,47)(H,39,45)/t24-,25+,28?,30?,31+,32+,33-,34+/m1/s1. The van der Waals surface area contributed by atoms with Crippen LogP contribution in [0.3, 0.4) is 0 Å². The van der Waals surface area contributed by atoms with E-state index in [1.54, 1.807) is 12.0 Å². The topological polar surface area (TPSA) is 101 Å². The number of hydrogen-bond acceptors (Lipinski definition) is 7. The van der Waals surface area contributed by atoms with E-state index in [-0.39, 0.29) is 18.6 Å². The number of nitrogens with one attached hydrogen (secondary N) is 2. The van der Waals surface area contributed by atoms with Gasteiger partial charge in [0.25, 0.3) is 0 Å². The Hall–Kier alpha value is -2.76. The van der Waals surface area contributed by atoms with Gasteiger partial charge in [0.1, 0.15) is 12.1 Å². The minimum Gasteiger partial charge on any atom is -0.394 e. The molecular weight excluding hydrogens is 611 g/mol. The number of piperazine rings is 1. The molecule has 0 radical (unpaired) electrons. The molecule has 2 bridgehead atoms. The first-order valence-electron chi connectivity index (χ1n) is 17.5. The number of fused-ring (bicyclic) bond motifs is 2. The predicted molar refractivity (Wildman–Crippen MR) is 189 cm³/mol. The van der Waals surface area contributed by atoms with Gasteiger partial charge in [0.2, 0.25) is 5.91 Å². The zero-order chi connectivity index (χ0) is 33.3. The lowest BCUT2D eigenvalue weighted by atomic mass is 9.45. The van der Waals surface area contributed by atoms with E-state index in [9.17, 15) is 15.0 Å². The van der Waals surface area contributed by atoms with Crippen LogP contribution in [0.5, 0.6) is 0 Å². The summed E-state index contributed by atoms with van der Waals surface area (Å²) in [5.74, 6) is 0.967. The average Bonchev–Trinajstić information content (AvgIpc) is 3.44. The number of benzene rings is 2. The van der Waals surface area contributed by atoms with E-state index in [2.05, 4.69) is 77.6 Å². The Morgan fingerprint density at radius 1 is 1.06 bits per heavy atom. The number of carbonyl (C=O) groups excluding carboxylic acids is 1. The molecule has 2 unspecified atom stereocenters. The summed E-state index contributed by atoms with van der Waals surface area (Å²) in [7, 11) is 0. The summed E-state index contributed by atoms with van der Waals surface area (Å²) in [6, 6.07) is 18.2. The Labute approximate surface area is 285 Å². The molecule has 3 aliphatic carbocycles. The molecule has 1 amide bonds. The molecule has 7 rings (SSSR count). The smallest absolute Gasteiger partial charge is 0.240 e. The molecule has 2 saturated heterocycles. The van der Waals surface area contributed by atoms with Crippen molar-refractivity contribution in [1.82, 2.24) is 20.6 Å². The zero-order valence-electron chi connectivity index (χ0n) is 28.3. The van der Waals surface area contributed by atoms with Crippen molar-refractivity contribution in [2.45, 2.75) is 77.8 Å². The van der Waals surface area contributed by atoms with Gasteiger partial charge in [0.05, 0.1) is 19.3 Å². The van der Waals surface area contributed by atoms with Gasteiger partial charge in [-0.3, -0.25) is 9.63 Å². The number of rotatable bonds is 10. The molecule has 47 heavy (non-hydrogen) atoms. The molecule has 5 fully saturated rings. The maximum atomic E-state index is 14.0. The molecule has 4 N–H and O–H groups in total. The van der Waals surface area contributed by atoms with Gasteiger partial charge in [0, 0.05) is 50.4 Å². The maximum Gasteiger partial charge on any atom is 0.240 e. The number of hydrogen-bond donors (Lipinski definition) is 4. The van der Waals surface area contributed by atoms with Crippen LogP contribution in [0, 0.1) is 29.1 Å². The van der Waals surface area contributed by atoms with Gasteiger partial charge in [0.15, 0.2) is 5.11 Å². The fourth-order valence-corrected chi connectivity index (χ4v) is 9.04. The Bertz CT molecular complexity index is 1380. The van der Waals surface area contributed by atoms with Gasteiger partial charge < -0.3 is 30.6 Å². The van der Waals surface area contributed by atoms with E-state index in [1.807, 2.05) is 18.2 Å². The molecule has 0 aromatic heterocycles. The summed E-state index contributed by atoms with van der Waals surface area (Å²) in [6.07, 6.45) is 1.70. The molecule has 2 aromatic carbocycles. The second kappa shape index (κ2) is 14.4. The van der Waals surface area contributed by atoms with Crippen LogP contribution in [0.25, 0.3) is 0 Å². The first-order chi connectivity index (χ1) is 22.6. The van der Waals surface area contributed by atoms with Crippen molar-refractivity contribution in [1.29, 1.82) is 0 Å². The highest BCUT2D eigenvalue weighted by Gasteiger charge is 2.57. The summed E-state index contributed by atoms with van der Waals surface area (Å²) >= 11 is 5.71. The molecule has 0 spiro atoms. The number of aliphatic hydroxyl groups excluding tert-OH is 2. The van der Waals surface area contributed by atoms with Crippen molar-refractivity contribution in [2.75, 3.05) is 44.2 Å². The molecule has 9 nitrogen and oxygen atoms in total. The van der Waals surface area contributed by atoms with E-state index in [0.717, 1.165) is 61.9 Å². The van der Waals surface area contributed by atoms with Crippen molar-refractivity contribution in [3.63, 3.8) is 0 Å². The molecule has 3 saturated carbocycles. The second-order valence-electron chi connectivity index (χ2n) is 14.8. The third-order valence-corrected chi connectivity index (χ3v) is 12.2. The van der Waals surface area contributed by atoms with Crippen molar-refractivity contribution in [2.24, 2.45) is 29.1 Å².